The molecule has 1 heterocycles. The summed E-state index contributed by atoms with van der Waals surface area (Å²) < 4.78 is 68.5. The summed E-state index contributed by atoms with van der Waals surface area (Å²) in [7, 11) is -4.57. The Morgan fingerprint density at radius 3 is 1.95 bits per heavy atom. The van der Waals surface area contributed by atoms with Gasteiger partial charge in [-0.05, 0) is 79.6 Å². The van der Waals surface area contributed by atoms with Crippen LogP contribution in [0.3, 0.4) is 0 Å². The number of rotatable bonds is 6. The van der Waals surface area contributed by atoms with Gasteiger partial charge < -0.3 is 5.11 Å². The van der Waals surface area contributed by atoms with E-state index in [1.807, 2.05) is 0 Å². The number of hydrogen-bond acceptors (Lipinski definition) is 5. The van der Waals surface area contributed by atoms with Gasteiger partial charge in [0.1, 0.15) is 17.5 Å². The smallest absolute Gasteiger partial charge is 0.306 e. The fraction of sp³-hybridized carbons (Fsp3) is 0.300. The van der Waals surface area contributed by atoms with Crippen LogP contribution < -0.4 is 0 Å². The highest BCUT2D eigenvalue weighted by molar-refractivity contribution is 7.93. The van der Waals surface area contributed by atoms with E-state index in [1.54, 1.807) is 0 Å². The Balaban J connectivity index is 1.55. The number of sulfone groups is 1. The lowest BCUT2D eigenvalue weighted by Crippen LogP contribution is -2.47. The number of benzene rings is 3. The largest absolute Gasteiger partial charge is 0.481 e. The van der Waals surface area contributed by atoms with E-state index in [4.69, 9.17) is 0 Å². The van der Waals surface area contributed by atoms with Gasteiger partial charge in [-0.2, -0.15) is 0 Å². The standard InChI is InChI=1S/C30H26F3NO6S/c31-22-12-14-23(15-13-22)41(39,40)30(21-10-8-18(9-11-21)26-24(32)2-1-3-25(26)33)16-17-34(29(30)38)27(35)19-4-6-20(7-5-19)28(36)37/h1-3,8-15,19-20H,4-7,16-17H2,(H,36,37)/t19?,20?,30-/m1/s1. The van der Waals surface area contributed by atoms with Crippen LogP contribution in [0.15, 0.2) is 71.6 Å². The molecule has 2 aliphatic rings. The summed E-state index contributed by atoms with van der Waals surface area (Å²) in [6, 6.07) is 12.6. The molecule has 5 rings (SSSR count). The van der Waals surface area contributed by atoms with E-state index in [-0.39, 0.29) is 60.2 Å². The molecule has 1 saturated carbocycles. The molecule has 3 aromatic rings. The van der Waals surface area contributed by atoms with Crippen LogP contribution in [-0.4, -0.2) is 42.8 Å². The summed E-state index contributed by atoms with van der Waals surface area (Å²) in [5.41, 5.74) is -0.203. The highest BCUT2D eigenvalue weighted by atomic mass is 32.2. The summed E-state index contributed by atoms with van der Waals surface area (Å²) >= 11 is 0. The van der Waals surface area contributed by atoms with Crippen molar-refractivity contribution in [1.82, 2.24) is 4.90 Å². The van der Waals surface area contributed by atoms with Crippen LogP contribution in [-0.2, 0) is 29.0 Å². The summed E-state index contributed by atoms with van der Waals surface area (Å²) in [5.74, 6) is -6.03. The molecule has 1 atom stereocenters. The van der Waals surface area contributed by atoms with Gasteiger partial charge in [0, 0.05) is 12.5 Å². The fourth-order valence-electron chi connectivity index (χ4n) is 5.88. The second-order valence-corrected chi connectivity index (χ2v) is 12.6. The molecule has 0 aromatic heterocycles. The molecule has 0 radical (unpaired) electrons. The van der Waals surface area contributed by atoms with E-state index in [1.165, 1.54) is 30.3 Å². The van der Waals surface area contributed by atoms with Crippen LogP contribution in [0, 0.1) is 29.3 Å². The van der Waals surface area contributed by atoms with Crippen molar-refractivity contribution in [3.8, 4) is 11.1 Å². The predicted molar refractivity (Wildman–Crippen MR) is 141 cm³/mol. The lowest BCUT2D eigenvalue weighted by Gasteiger charge is -2.31. The van der Waals surface area contributed by atoms with Crippen molar-refractivity contribution in [3.05, 3.63) is 89.7 Å². The first-order valence-corrected chi connectivity index (χ1v) is 14.6. The zero-order valence-electron chi connectivity index (χ0n) is 21.7. The van der Waals surface area contributed by atoms with Crippen molar-refractivity contribution in [3.63, 3.8) is 0 Å². The fourth-order valence-corrected chi connectivity index (χ4v) is 7.92. The molecule has 214 valence electrons. The molecule has 0 bridgehead atoms. The first kappa shape index (κ1) is 28.5. The average Bonchev–Trinajstić information content (AvgIpc) is 3.31. The zero-order chi connectivity index (χ0) is 29.5. The first-order valence-electron chi connectivity index (χ1n) is 13.1. The molecular weight excluding hydrogens is 559 g/mol. The molecule has 1 aliphatic carbocycles. The van der Waals surface area contributed by atoms with Crippen LogP contribution in [0.4, 0.5) is 13.2 Å². The molecule has 3 aromatic carbocycles. The summed E-state index contributed by atoms with van der Waals surface area (Å²) in [6.45, 7) is -0.208. The molecular formula is C30H26F3NO6S. The third kappa shape index (κ3) is 4.81. The van der Waals surface area contributed by atoms with Gasteiger partial charge >= 0.3 is 5.97 Å². The van der Waals surface area contributed by atoms with Crippen LogP contribution in [0.25, 0.3) is 11.1 Å². The Morgan fingerprint density at radius 2 is 1.39 bits per heavy atom. The summed E-state index contributed by atoms with van der Waals surface area (Å²) in [4.78, 5) is 39.4. The van der Waals surface area contributed by atoms with Gasteiger partial charge in [-0.1, -0.05) is 30.3 Å². The third-order valence-electron chi connectivity index (χ3n) is 8.16. The Bertz CT molecular complexity index is 1600. The number of likely N-dealkylation sites (tertiary alicyclic amines) is 1. The maximum absolute atomic E-state index is 14.4. The Labute approximate surface area is 234 Å². The van der Waals surface area contributed by atoms with Gasteiger partial charge in [0.25, 0.3) is 5.91 Å². The van der Waals surface area contributed by atoms with E-state index in [2.05, 4.69) is 0 Å². The number of aliphatic carboxylic acids is 1. The van der Waals surface area contributed by atoms with Crippen LogP contribution in [0.2, 0.25) is 0 Å². The second kappa shape index (κ2) is 10.8. The maximum atomic E-state index is 14.4. The molecule has 1 aliphatic heterocycles. The van der Waals surface area contributed by atoms with Crippen LogP contribution in [0.5, 0.6) is 0 Å². The highest BCUT2D eigenvalue weighted by Crippen LogP contribution is 2.46. The number of carbonyl (C=O) groups excluding carboxylic acids is 2. The maximum Gasteiger partial charge on any atom is 0.306 e. The molecule has 0 unspecified atom stereocenters. The third-order valence-corrected chi connectivity index (χ3v) is 10.6. The van der Waals surface area contributed by atoms with E-state index >= 15 is 0 Å². The molecule has 0 spiro atoms. The predicted octanol–water partition coefficient (Wildman–Crippen LogP) is 5.09. The first-order chi connectivity index (χ1) is 19.5. The van der Waals surface area contributed by atoms with E-state index in [0.717, 1.165) is 41.3 Å². The highest BCUT2D eigenvalue weighted by Gasteiger charge is 2.60. The molecule has 2 amide bonds. The van der Waals surface area contributed by atoms with Gasteiger partial charge in [-0.25, -0.2) is 21.6 Å². The number of carboxylic acid groups (broad SMARTS) is 1. The van der Waals surface area contributed by atoms with Crippen molar-refractivity contribution < 1.29 is 41.1 Å². The van der Waals surface area contributed by atoms with Crippen LogP contribution in [0.1, 0.15) is 37.7 Å². The minimum Gasteiger partial charge on any atom is -0.481 e. The van der Waals surface area contributed by atoms with Crippen molar-refractivity contribution in [2.24, 2.45) is 11.8 Å². The topological polar surface area (TPSA) is 109 Å². The number of carbonyl (C=O) groups is 3. The average molecular weight is 586 g/mol. The second-order valence-electron chi connectivity index (χ2n) is 10.4. The summed E-state index contributed by atoms with van der Waals surface area (Å²) in [6.07, 6.45) is 0.733. The number of nitrogens with zero attached hydrogens (tertiary/aromatic N) is 1. The molecule has 1 saturated heterocycles. The molecule has 41 heavy (non-hydrogen) atoms. The van der Waals surface area contributed by atoms with Gasteiger partial charge in [-0.3, -0.25) is 19.3 Å². The number of amides is 2. The lowest BCUT2D eigenvalue weighted by molar-refractivity contribution is -0.149. The van der Waals surface area contributed by atoms with Gasteiger partial charge in [0.2, 0.25) is 5.91 Å². The van der Waals surface area contributed by atoms with Crippen molar-refractivity contribution in [2.75, 3.05) is 6.54 Å². The van der Waals surface area contributed by atoms with Crippen LogP contribution >= 0.6 is 0 Å². The Hall–Kier alpha value is -3.99. The van der Waals surface area contributed by atoms with Gasteiger partial charge in [-0.15, -0.1) is 0 Å². The monoisotopic (exact) mass is 585 g/mol. The number of hydrogen-bond donors (Lipinski definition) is 1. The van der Waals surface area contributed by atoms with E-state index in [9.17, 15) is 41.1 Å². The van der Waals surface area contributed by atoms with E-state index in [0.29, 0.717) is 0 Å². The minimum atomic E-state index is -4.57. The molecule has 1 N–H and O–H groups in total. The number of carboxylic acids is 1. The van der Waals surface area contributed by atoms with Gasteiger partial charge in [0.05, 0.1) is 16.4 Å². The molecule has 11 heteroatoms. The SMILES string of the molecule is O=C(O)C1CCC(C(=O)N2CC[C@](c3ccc(-c4c(F)cccc4F)cc3)(S(=O)(=O)c3ccc(F)cc3)C2=O)CC1. The lowest BCUT2D eigenvalue weighted by atomic mass is 9.81. The normalized spacial score (nSPS) is 23.0. The molecule has 7 nitrogen and oxygen atoms in total. The van der Waals surface area contributed by atoms with Gasteiger partial charge in [0.15, 0.2) is 14.6 Å². The Kier molecular flexibility index (Phi) is 7.50. The molecule has 2 fully saturated rings. The van der Waals surface area contributed by atoms with Crippen molar-refractivity contribution >= 4 is 27.6 Å². The number of halogens is 3. The van der Waals surface area contributed by atoms with E-state index < -0.39 is 61.7 Å². The van der Waals surface area contributed by atoms with Crippen molar-refractivity contribution in [2.45, 2.75) is 41.7 Å². The quantitative estimate of drug-likeness (QED) is 0.319. The van der Waals surface area contributed by atoms with Crippen molar-refractivity contribution in [1.29, 1.82) is 0 Å². The zero-order valence-corrected chi connectivity index (χ0v) is 22.5. The summed E-state index contributed by atoms with van der Waals surface area (Å²) in [5, 5.41) is 9.27. The number of imide groups is 1. The Morgan fingerprint density at radius 1 is 0.829 bits per heavy atom. The minimum absolute atomic E-state index is 0.00259.